The van der Waals surface area contributed by atoms with Crippen molar-refractivity contribution in [2.24, 2.45) is 11.8 Å². The third-order valence-corrected chi connectivity index (χ3v) is 7.15. The van der Waals surface area contributed by atoms with Crippen LogP contribution in [-0.4, -0.2) is 53.2 Å². The van der Waals surface area contributed by atoms with Crippen molar-refractivity contribution in [2.75, 3.05) is 13.2 Å². The van der Waals surface area contributed by atoms with Gasteiger partial charge in [0.15, 0.2) is 0 Å². The van der Waals surface area contributed by atoms with Gasteiger partial charge in [-0.25, -0.2) is 4.79 Å². The highest BCUT2D eigenvalue weighted by Gasteiger charge is 2.36. The zero-order valence-electron chi connectivity index (χ0n) is 20.6. The molecule has 1 aliphatic heterocycles. The Morgan fingerprint density at radius 3 is 2.20 bits per heavy atom. The van der Waals surface area contributed by atoms with E-state index in [-0.39, 0.29) is 30.4 Å². The van der Waals surface area contributed by atoms with Crippen LogP contribution in [0.15, 0.2) is 48.5 Å². The fraction of sp³-hybridized carbons (Fsp3) is 0.464. The molecule has 0 bridgehead atoms. The molecule has 2 amide bonds. The zero-order chi connectivity index (χ0) is 25.1. The molecule has 0 saturated carbocycles. The Labute approximate surface area is 206 Å². The Kier molecular flexibility index (Phi) is 7.43. The summed E-state index contributed by atoms with van der Waals surface area (Å²) in [5.74, 6) is -1.30. The molecule has 7 nitrogen and oxygen atoms in total. The van der Waals surface area contributed by atoms with E-state index in [0.717, 1.165) is 22.3 Å². The van der Waals surface area contributed by atoms with E-state index >= 15 is 0 Å². The lowest BCUT2D eigenvalue weighted by molar-refractivity contribution is -0.148. The van der Waals surface area contributed by atoms with Crippen LogP contribution in [0.2, 0.25) is 0 Å². The second-order valence-corrected chi connectivity index (χ2v) is 10.1. The summed E-state index contributed by atoms with van der Waals surface area (Å²) in [4.78, 5) is 39.3. The summed E-state index contributed by atoms with van der Waals surface area (Å²) in [6.45, 7) is 6.42. The maximum atomic E-state index is 13.4. The van der Waals surface area contributed by atoms with Gasteiger partial charge in [0.05, 0.1) is 5.92 Å². The van der Waals surface area contributed by atoms with Gasteiger partial charge in [-0.2, -0.15) is 0 Å². The molecule has 0 spiro atoms. The first-order valence-electron chi connectivity index (χ1n) is 12.4. The first-order valence-corrected chi connectivity index (χ1v) is 12.4. The number of ether oxygens (including phenoxy) is 1. The van der Waals surface area contributed by atoms with Gasteiger partial charge in [-0.3, -0.25) is 9.59 Å². The molecule has 2 aromatic rings. The Morgan fingerprint density at radius 1 is 1.06 bits per heavy atom. The molecule has 35 heavy (non-hydrogen) atoms. The van der Waals surface area contributed by atoms with E-state index in [1.54, 1.807) is 4.90 Å². The molecule has 2 aliphatic rings. The highest BCUT2D eigenvalue weighted by Crippen LogP contribution is 2.44. The minimum atomic E-state index is -0.820. The Hall–Kier alpha value is -3.35. The van der Waals surface area contributed by atoms with Crippen LogP contribution < -0.4 is 5.32 Å². The van der Waals surface area contributed by atoms with Gasteiger partial charge in [-0.1, -0.05) is 62.4 Å². The van der Waals surface area contributed by atoms with Crippen molar-refractivity contribution in [2.45, 2.75) is 58.0 Å². The minimum absolute atomic E-state index is 0.0533. The van der Waals surface area contributed by atoms with E-state index in [1.807, 2.05) is 45.0 Å². The van der Waals surface area contributed by atoms with Crippen LogP contribution in [0, 0.1) is 11.8 Å². The zero-order valence-corrected chi connectivity index (χ0v) is 20.6. The fourth-order valence-corrected chi connectivity index (χ4v) is 5.40. The number of carboxylic acid groups (broad SMARTS) is 1. The average Bonchev–Trinajstić information content (AvgIpc) is 3.15. The van der Waals surface area contributed by atoms with Crippen molar-refractivity contribution in [3.05, 3.63) is 59.7 Å². The van der Waals surface area contributed by atoms with E-state index < -0.39 is 24.0 Å². The van der Waals surface area contributed by atoms with Crippen LogP contribution in [0.1, 0.15) is 57.1 Å². The maximum absolute atomic E-state index is 13.4. The van der Waals surface area contributed by atoms with Gasteiger partial charge in [0, 0.05) is 18.5 Å². The lowest BCUT2D eigenvalue weighted by atomic mass is 9.90. The van der Waals surface area contributed by atoms with Crippen LogP contribution in [-0.2, 0) is 14.3 Å². The first kappa shape index (κ1) is 24.8. The number of carbonyl (C=O) groups excluding carboxylic acids is 2. The molecule has 186 valence electrons. The summed E-state index contributed by atoms with van der Waals surface area (Å²) in [7, 11) is 0. The summed E-state index contributed by atoms with van der Waals surface area (Å²) < 4.78 is 5.67. The van der Waals surface area contributed by atoms with Gasteiger partial charge < -0.3 is 20.1 Å². The number of piperidine rings is 1. The van der Waals surface area contributed by atoms with E-state index in [9.17, 15) is 19.5 Å². The molecule has 1 aliphatic carbocycles. The third kappa shape index (κ3) is 5.34. The number of rotatable bonds is 7. The van der Waals surface area contributed by atoms with E-state index in [0.29, 0.717) is 25.8 Å². The minimum Gasteiger partial charge on any atom is -0.481 e. The summed E-state index contributed by atoms with van der Waals surface area (Å²) in [6.07, 6.45) is 0.707. The quantitative estimate of drug-likeness (QED) is 0.604. The predicted octanol–water partition coefficient (Wildman–Crippen LogP) is 4.65. The summed E-state index contributed by atoms with van der Waals surface area (Å²) in [5.41, 5.74) is 4.57. The number of nitrogens with one attached hydrogen (secondary N) is 1. The largest absolute Gasteiger partial charge is 0.481 e. The summed E-state index contributed by atoms with van der Waals surface area (Å²) in [6, 6.07) is 15.4. The van der Waals surface area contributed by atoms with Crippen LogP contribution in [0.3, 0.4) is 0 Å². The number of carboxylic acids is 1. The number of alkyl carbamates (subject to hydrolysis) is 1. The molecule has 3 unspecified atom stereocenters. The normalized spacial score (nSPS) is 20.2. The van der Waals surface area contributed by atoms with Crippen molar-refractivity contribution in [3.8, 4) is 11.1 Å². The number of hydrogen-bond donors (Lipinski definition) is 2. The molecule has 0 radical (unpaired) electrons. The molecule has 0 aromatic heterocycles. The van der Waals surface area contributed by atoms with E-state index in [4.69, 9.17) is 4.74 Å². The lowest BCUT2D eigenvalue weighted by Crippen LogP contribution is -2.54. The molecule has 1 saturated heterocycles. The summed E-state index contributed by atoms with van der Waals surface area (Å²) in [5, 5.41) is 12.1. The van der Waals surface area contributed by atoms with Gasteiger partial charge in [-0.05, 0) is 54.4 Å². The van der Waals surface area contributed by atoms with Crippen molar-refractivity contribution in [1.82, 2.24) is 10.2 Å². The van der Waals surface area contributed by atoms with E-state index in [1.165, 1.54) is 0 Å². The topological polar surface area (TPSA) is 95.9 Å². The van der Waals surface area contributed by atoms with Gasteiger partial charge >= 0.3 is 12.1 Å². The second-order valence-electron chi connectivity index (χ2n) is 10.1. The van der Waals surface area contributed by atoms with Crippen LogP contribution in [0.4, 0.5) is 4.79 Å². The van der Waals surface area contributed by atoms with Crippen molar-refractivity contribution in [1.29, 1.82) is 0 Å². The molecule has 1 fully saturated rings. The van der Waals surface area contributed by atoms with Crippen molar-refractivity contribution >= 4 is 18.0 Å². The van der Waals surface area contributed by atoms with Gasteiger partial charge in [0.2, 0.25) is 5.91 Å². The third-order valence-electron chi connectivity index (χ3n) is 7.15. The van der Waals surface area contributed by atoms with Crippen LogP contribution in [0.5, 0.6) is 0 Å². The average molecular weight is 479 g/mol. The molecule has 2 N–H and O–H groups in total. The number of benzene rings is 2. The molecule has 4 rings (SSSR count). The van der Waals surface area contributed by atoms with Gasteiger partial charge in [0.25, 0.3) is 0 Å². The molecule has 1 heterocycles. The molecule has 3 atom stereocenters. The highest BCUT2D eigenvalue weighted by molar-refractivity contribution is 5.86. The van der Waals surface area contributed by atoms with Crippen molar-refractivity contribution < 1.29 is 24.2 Å². The number of likely N-dealkylation sites (tertiary alicyclic amines) is 1. The van der Waals surface area contributed by atoms with Crippen LogP contribution in [0.25, 0.3) is 11.1 Å². The Bertz CT molecular complexity index is 1050. The number of carbonyl (C=O) groups is 3. The molecule has 7 heteroatoms. The number of aliphatic carboxylic acids is 1. The molecular weight excluding hydrogens is 444 g/mol. The first-order chi connectivity index (χ1) is 16.8. The lowest BCUT2D eigenvalue weighted by Gasteiger charge is -2.38. The smallest absolute Gasteiger partial charge is 0.407 e. The van der Waals surface area contributed by atoms with Crippen molar-refractivity contribution in [3.63, 3.8) is 0 Å². The standard InChI is InChI=1S/C28H34N2O5/c1-17(2)14-25(26(31)30-13-12-19(27(32)33)15-18(30)3)29-28(34)35-16-24-22-10-6-4-8-20(22)21-9-5-7-11-23(21)24/h4-11,17-19,24-25H,12-16H2,1-3H3,(H,29,34)(H,32,33). The number of fused-ring (bicyclic) bond motifs is 3. The Balaban J connectivity index is 1.42. The fourth-order valence-electron chi connectivity index (χ4n) is 5.40. The highest BCUT2D eigenvalue weighted by atomic mass is 16.5. The van der Waals surface area contributed by atoms with Gasteiger partial charge in [-0.15, -0.1) is 0 Å². The number of amides is 2. The number of nitrogens with zero attached hydrogens (tertiary/aromatic N) is 1. The molecule has 2 aromatic carbocycles. The predicted molar refractivity (Wildman–Crippen MR) is 133 cm³/mol. The maximum Gasteiger partial charge on any atom is 0.407 e. The second kappa shape index (κ2) is 10.5. The van der Waals surface area contributed by atoms with Gasteiger partial charge in [0.1, 0.15) is 12.6 Å². The number of hydrogen-bond acceptors (Lipinski definition) is 4. The summed E-state index contributed by atoms with van der Waals surface area (Å²) >= 11 is 0. The van der Waals surface area contributed by atoms with Crippen LogP contribution >= 0.6 is 0 Å². The monoisotopic (exact) mass is 478 g/mol. The molecular formula is C28H34N2O5. The Morgan fingerprint density at radius 2 is 1.66 bits per heavy atom. The van der Waals surface area contributed by atoms with E-state index in [2.05, 4.69) is 29.6 Å². The SMILES string of the molecule is CC(C)CC(NC(=O)OCC1c2ccccc2-c2ccccc21)C(=O)N1CCC(C(=O)O)CC1C.